The number of benzene rings is 3. The van der Waals surface area contributed by atoms with Gasteiger partial charge in [-0.05, 0) is 35.2 Å². The Bertz CT molecular complexity index is 1340. The molecule has 0 unspecified atom stereocenters. The molecule has 35 heavy (non-hydrogen) atoms. The standard InChI is InChI=1S/C28H26ClFN4O/c1-28(2,3)22-14-12-20(13-15-22)27(35)32-31-16-21-17-34(18-23-24(29)10-7-11-25(23)30)33-26(21)19-8-5-4-6-9-19/h4-17H,18H2,1-3H3,(H,32,35)/b31-16-. The molecule has 0 saturated heterocycles. The minimum Gasteiger partial charge on any atom is -0.267 e. The number of carbonyl (C=O) groups is 1. The van der Waals surface area contributed by atoms with Crippen molar-refractivity contribution in [1.29, 1.82) is 0 Å². The summed E-state index contributed by atoms with van der Waals surface area (Å²) in [6, 6.07) is 21.6. The number of hydrazone groups is 1. The summed E-state index contributed by atoms with van der Waals surface area (Å²) >= 11 is 6.20. The van der Waals surface area contributed by atoms with Crippen molar-refractivity contribution in [2.45, 2.75) is 32.7 Å². The molecule has 1 heterocycles. The molecule has 0 fully saturated rings. The molecule has 0 aliphatic heterocycles. The summed E-state index contributed by atoms with van der Waals surface area (Å²) in [4.78, 5) is 12.6. The first-order valence-electron chi connectivity index (χ1n) is 11.2. The molecule has 3 aromatic carbocycles. The highest BCUT2D eigenvalue weighted by Gasteiger charge is 2.15. The average Bonchev–Trinajstić information content (AvgIpc) is 3.24. The summed E-state index contributed by atoms with van der Waals surface area (Å²) in [5.41, 5.74) is 6.80. The first-order valence-corrected chi connectivity index (χ1v) is 11.6. The Balaban J connectivity index is 1.56. The third kappa shape index (κ3) is 5.84. The molecule has 1 aromatic heterocycles. The van der Waals surface area contributed by atoms with Crippen molar-refractivity contribution in [1.82, 2.24) is 15.2 Å². The SMILES string of the molecule is CC(C)(C)c1ccc(C(=O)N/N=C\c2cn(Cc3c(F)cccc3Cl)nc2-c2ccccc2)cc1. The van der Waals surface area contributed by atoms with E-state index in [1.807, 2.05) is 42.5 Å². The largest absolute Gasteiger partial charge is 0.271 e. The molecule has 4 rings (SSSR count). The van der Waals surface area contributed by atoms with Crippen LogP contribution in [-0.4, -0.2) is 21.9 Å². The van der Waals surface area contributed by atoms with Crippen molar-refractivity contribution in [3.8, 4) is 11.3 Å². The van der Waals surface area contributed by atoms with E-state index in [-0.39, 0.29) is 17.9 Å². The number of rotatable bonds is 6. The molecule has 7 heteroatoms. The van der Waals surface area contributed by atoms with E-state index in [0.29, 0.717) is 27.4 Å². The molecule has 0 radical (unpaired) electrons. The monoisotopic (exact) mass is 488 g/mol. The molecule has 0 bridgehead atoms. The third-order valence-corrected chi connectivity index (χ3v) is 5.96. The molecule has 178 valence electrons. The van der Waals surface area contributed by atoms with Gasteiger partial charge in [0.2, 0.25) is 0 Å². The van der Waals surface area contributed by atoms with E-state index in [0.717, 1.165) is 11.1 Å². The van der Waals surface area contributed by atoms with E-state index in [4.69, 9.17) is 11.6 Å². The van der Waals surface area contributed by atoms with Crippen molar-refractivity contribution in [2.24, 2.45) is 5.10 Å². The molecule has 5 nitrogen and oxygen atoms in total. The number of hydrogen-bond acceptors (Lipinski definition) is 3. The summed E-state index contributed by atoms with van der Waals surface area (Å²) in [6.45, 7) is 6.52. The van der Waals surface area contributed by atoms with Gasteiger partial charge in [-0.1, -0.05) is 80.9 Å². The fourth-order valence-electron chi connectivity index (χ4n) is 3.62. The zero-order valence-electron chi connectivity index (χ0n) is 19.8. The Morgan fingerprint density at radius 2 is 1.77 bits per heavy atom. The van der Waals surface area contributed by atoms with Crippen LogP contribution in [0.25, 0.3) is 11.3 Å². The van der Waals surface area contributed by atoms with Crippen molar-refractivity contribution in [3.63, 3.8) is 0 Å². The van der Waals surface area contributed by atoms with E-state index in [9.17, 15) is 9.18 Å². The second-order valence-corrected chi connectivity index (χ2v) is 9.63. The predicted octanol–water partition coefficient (Wildman–Crippen LogP) is 6.45. The lowest BCUT2D eigenvalue weighted by Gasteiger charge is -2.18. The number of carbonyl (C=O) groups excluding carboxylic acids is 1. The lowest BCUT2D eigenvalue weighted by Crippen LogP contribution is -2.18. The van der Waals surface area contributed by atoms with Gasteiger partial charge < -0.3 is 0 Å². The van der Waals surface area contributed by atoms with Crippen LogP contribution in [0.3, 0.4) is 0 Å². The molecule has 0 aliphatic carbocycles. The van der Waals surface area contributed by atoms with E-state index < -0.39 is 5.82 Å². The maximum Gasteiger partial charge on any atom is 0.271 e. The van der Waals surface area contributed by atoms with Crippen LogP contribution in [-0.2, 0) is 12.0 Å². The van der Waals surface area contributed by atoms with Crippen LogP contribution < -0.4 is 5.43 Å². The molecule has 0 spiro atoms. The fraction of sp³-hybridized carbons (Fsp3) is 0.179. The number of nitrogens with one attached hydrogen (secondary N) is 1. The average molecular weight is 489 g/mol. The van der Waals surface area contributed by atoms with Crippen LogP contribution in [0.15, 0.2) is 84.1 Å². The third-order valence-electron chi connectivity index (χ3n) is 5.60. The second-order valence-electron chi connectivity index (χ2n) is 9.22. The Morgan fingerprint density at radius 3 is 2.43 bits per heavy atom. The van der Waals surface area contributed by atoms with Gasteiger partial charge >= 0.3 is 0 Å². The molecule has 1 N–H and O–H groups in total. The van der Waals surface area contributed by atoms with Gasteiger partial charge in [0.25, 0.3) is 5.91 Å². The smallest absolute Gasteiger partial charge is 0.267 e. The molecule has 0 aliphatic rings. The van der Waals surface area contributed by atoms with Crippen molar-refractivity contribution < 1.29 is 9.18 Å². The van der Waals surface area contributed by atoms with Gasteiger partial charge in [0.15, 0.2) is 0 Å². The summed E-state index contributed by atoms with van der Waals surface area (Å²) < 4.78 is 15.9. The maximum absolute atomic E-state index is 14.3. The van der Waals surface area contributed by atoms with Gasteiger partial charge in [0, 0.05) is 33.5 Å². The van der Waals surface area contributed by atoms with E-state index in [1.165, 1.54) is 12.3 Å². The van der Waals surface area contributed by atoms with Gasteiger partial charge in [-0.2, -0.15) is 10.2 Å². The van der Waals surface area contributed by atoms with Crippen molar-refractivity contribution >= 4 is 23.7 Å². The quantitative estimate of drug-likeness (QED) is 0.250. The van der Waals surface area contributed by atoms with Gasteiger partial charge in [0.05, 0.1) is 12.8 Å². The highest BCUT2D eigenvalue weighted by molar-refractivity contribution is 6.31. The number of hydrogen-bond donors (Lipinski definition) is 1. The Labute approximate surface area is 209 Å². The van der Waals surface area contributed by atoms with E-state index >= 15 is 0 Å². The van der Waals surface area contributed by atoms with Crippen LogP contribution >= 0.6 is 11.6 Å². The number of amides is 1. The Kier molecular flexibility index (Phi) is 7.12. The Morgan fingerprint density at radius 1 is 1.06 bits per heavy atom. The van der Waals surface area contributed by atoms with Crippen LogP contribution in [0, 0.1) is 5.82 Å². The van der Waals surface area contributed by atoms with E-state index in [1.54, 1.807) is 35.1 Å². The summed E-state index contributed by atoms with van der Waals surface area (Å²) in [5.74, 6) is -0.706. The first kappa shape index (κ1) is 24.4. The number of halogens is 2. The Hall–Kier alpha value is -3.77. The normalized spacial score (nSPS) is 11.7. The van der Waals surface area contributed by atoms with Gasteiger partial charge in [0.1, 0.15) is 11.5 Å². The predicted molar refractivity (Wildman–Crippen MR) is 138 cm³/mol. The molecule has 0 saturated carbocycles. The molecule has 1 amide bonds. The van der Waals surface area contributed by atoms with Crippen LogP contribution in [0.1, 0.15) is 47.8 Å². The van der Waals surface area contributed by atoms with Crippen LogP contribution in [0.4, 0.5) is 4.39 Å². The van der Waals surface area contributed by atoms with Crippen molar-refractivity contribution in [3.05, 3.63) is 112 Å². The topological polar surface area (TPSA) is 59.3 Å². The molecular weight excluding hydrogens is 463 g/mol. The van der Waals surface area contributed by atoms with Crippen LogP contribution in [0.2, 0.25) is 5.02 Å². The van der Waals surface area contributed by atoms with Gasteiger partial charge in [-0.3, -0.25) is 9.48 Å². The molecular formula is C28H26ClFN4O. The van der Waals surface area contributed by atoms with Gasteiger partial charge in [-0.15, -0.1) is 0 Å². The van der Waals surface area contributed by atoms with Crippen molar-refractivity contribution in [2.75, 3.05) is 0 Å². The van der Waals surface area contributed by atoms with Gasteiger partial charge in [-0.25, -0.2) is 9.82 Å². The highest BCUT2D eigenvalue weighted by atomic mass is 35.5. The second kappa shape index (κ2) is 10.2. The van der Waals surface area contributed by atoms with Crippen LogP contribution in [0.5, 0.6) is 0 Å². The number of aromatic nitrogens is 2. The lowest BCUT2D eigenvalue weighted by atomic mass is 9.87. The highest BCUT2D eigenvalue weighted by Crippen LogP contribution is 2.24. The molecule has 0 atom stereocenters. The fourth-order valence-corrected chi connectivity index (χ4v) is 3.85. The maximum atomic E-state index is 14.3. The lowest BCUT2D eigenvalue weighted by molar-refractivity contribution is 0.0955. The summed E-state index contributed by atoms with van der Waals surface area (Å²) in [5, 5.41) is 9.12. The van der Waals surface area contributed by atoms with E-state index in [2.05, 4.69) is 36.4 Å². The zero-order chi connectivity index (χ0) is 25.0. The minimum absolute atomic E-state index is 0.00798. The summed E-state index contributed by atoms with van der Waals surface area (Å²) in [7, 11) is 0. The zero-order valence-corrected chi connectivity index (χ0v) is 20.6. The minimum atomic E-state index is -0.394. The number of nitrogens with zero attached hydrogens (tertiary/aromatic N) is 3. The molecule has 4 aromatic rings. The summed E-state index contributed by atoms with van der Waals surface area (Å²) in [6.07, 6.45) is 3.29. The first-order chi connectivity index (χ1) is 16.7.